The lowest BCUT2D eigenvalue weighted by atomic mass is 9.85. The number of allylic oxidation sites excluding steroid dienone is 2. The molecule has 0 aromatic carbocycles. The maximum Gasteiger partial charge on any atom is 0.130 e. The fourth-order valence-electron chi connectivity index (χ4n) is 3.65. The van der Waals surface area contributed by atoms with Crippen molar-refractivity contribution < 1.29 is 4.74 Å². The first kappa shape index (κ1) is 14.7. The van der Waals surface area contributed by atoms with Crippen molar-refractivity contribution in [3.05, 3.63) is 42.1 Å². The summed E-state index contributed by atoms with van der Waals surface area (Å²) in [6.45, 7) is 1.50. The molecule has 3 heterocycles. The van der Waals surface area contributed by atoms with Gasteiger partial charge in [-0.3, -0.25) is 0 Å². The van der Waals surface area contributed by atoms with Crippen LogP contribution in [0, 0.1) is 5.92 Å². The molecular formula is C17H23N5O. The van der Waals surface area contributed by atoms with Gasteiger partial charge in [0.1, 0.15) is 12.0 Å². The third-order valence-corrected chi connectivity index (χ3v) is 5.07. The van der Waals surface area contributed by atoms with Gasteiger partial charge in [0.15, 0.2) is 0 Å². The summed E-state index contributed by atoms with van der Waals surface area (Å²) in [6.07, 6.45) is 14.1. The van der Waals surface area contributed by atoms with Crippen molar-refractivity contribution in [1.82, 2.24) is 20.6 Å². The minimum absolute atomic E-state index is 0.363. The molecule has 1 aromatic rings. The van der Waals surface area contributed by atoms with Crippen LogP contribution >= 0.6 is 0 Å². The number of ether oxygens (including phenoxy) is 1. The molecule has 1 aliphatic carbocycles. The van der Waals surface area contributed by atoms with Crippen LogP contribution in [0.25, 0.3) is 5.70 Å². The van der Waals surface area contributed by atoms with E-state index in [1.165, 1.54) is 12.8 Å². The summed E-state index contributed by atoms with van der Waals surface area (Å²) in [5.41, 5.74) is 9.35. The third kappa shape index (κ3) is 2.72. The van der Waals surface area contributed by atoms with Gasteiger partial charge in [-0.2, -0.15) is 0 Å². The highest BCUT2D eigenvalue weighted by molar-refractivity contribution is 5.67. The molecule has 6 nitrogen and oxygen atoms in total. The lowest BCUT2D eigenvalue weighted by Crippen LogP contribution is -2.64. The summed E-state index contributed by atoms with van der Waals surface area (Å²) < 4.78 is 5.28. The Morgan fingerprint density at radius 3 is 2.57 bits per heavy atom. The van der Waals surface area contributed by atoms with Crippen LogP contribution in [0.2, 0.25) is 0 Å². The second kappa shape index (κ2) is 5.94. The van der Waals surface area contributed by atoms with Gasteiger partial charge < -0.3 is 21.1 Å². The molecule has 122 valence electrons. The van der Waals surface area contributed by atoms with Gasteiger partial charge in [0.25, 0.3) is 0 Å². The average Bonchev–Trinajstić information content (AvgIpc) is 3.08. The second-order valence-corrected chi connectivity index (χ2v) is 6.64. The molecule has 1 atom stereocenters. The van der Waals surface area contributed by atoms with E-state index in [0.29, 0.717) is 12.0 Å². The fraction of sp³-hybridized carbons (Fsp3) is 0.529. The Morgan fingerprint density at radius 2 is 1.91 bits per heavy atom. The van der Waals surface area contributed by atoms with E-state index >= 15 is 0 Å². The van der Waals surface area contributed by atoms with Crippen molar-refractivity contribution in [2.45, 2.75) is 37.4 Å². The molecule has 1 saturated carbocycles. The van der Waals surface area contributed by atoms with Crippen LogP contribution in [-0.2, 0) is 4.74 Å². The molecule has 2 fully saturated rings. The van der Waals surface area contributed by atoms with Crippen LogP contribution in [0.4, 0.5) is 0 Å². The molecule has 4 N–H and O–H groups in total. The molecular weight excluding hydrogens is 290 g/mol. The molecule has 1 aromatic heterocycles. The van der Waals surface area contributed by atoms with Gasteiger partial charge in [-0.25, -0.2) is 9.97 Å². The first-order valence-electron chi connectivity index (χ1n) is 8.35. The van der Waals surface area contributed by atoms with Gasteiger partial charge in [-0.05, 0) is 25.0 Å². The molecule has 23 heavy (non-hydrogen) atoms. The van der Waals surface area contributed by atoms with E-state index < -0.39 is 5.66 Å². The fourth-order valence-corrected chi connectivity index (χ4v) is 3.65. The predicted molar refractivity (Wildman–Crippen MR) is 87.8 cm³/mol. The predicted octanol–water partition coefficient (Wildman–Crippen LogP) is 1.14. The van der Waals surface area contributed by atoms with Crippen LogP contribution in [0.5, 0.6) is 0 Å². The van der Waals surface area contributed by atoms with Crippen molar-refractivity contribution in [3.8, 4) is 0 Å². The zero-order valence-corrected chi connectivity index (χ0v) is 13.2. The van der Waals surface area contributed by atoms with Crippen molar-refractivity contribution in [2.24, 2.45) is 11.7 Å². The Balaban J connectivity index is 1.64. The first-order chi connectivity index (χ1) is 11.3. The summed E-state index contributed by atoms with van der Waals surface area (Å²) in [6, 6.07) is 0.363. The summed E-state index contributed by atoms with van der Waals surface area (Å²) in [4.78, 5) is 8.22. The van der Waals surface area contributed by atoms with Crippen LogP contribution < -0.4 is 16.4 Å². The maximum absolute atomic E-state index is 6.90. The molecule has 0 spiro atoms. The Bertz CT molecular complexity index is 619. The summed E-state index contributed by atoms with van der Waals surface area (Å²) in [5.74, 6) is 0.426. The minimum atomic E-state index is -0.563. The molecule has 1 unspecified atom stereocenters. The maximum atomic E-state index is 6.90. The van der Waals surface area contributed by atoms with Crippen LogP contribution in [-0.4, -0.2) is 34.9 Å². The van der Waals surface area contributed by atoms with Gasteiger partial charge in [0, 0.05) is 29.6 Å². The SMILES string of the molecule is NC1(C2CCCC2)NC(c2cncnc2)=CC=C1NC1COC1. The van der Waals surface area contributed by atoms with Gasteiger partial charge in [-0.15, -0.1) is 0 Å². The first-order valence-corrected chi connectivity index (χ1v) is 8.35. The quantitative estimate of drug-likeness (QED) is 0.773. The van der Waals surface area contributed by atoms with Crippen molar-refractivity contribution in [1.29, 1.82) is 0 Å². The standard InChI is InChI=1S/C17H23N5O/c18-17(13-3-1-2-4-13)16(21-14-9-23-10-14)6-5-15(22-17)12-7-19-11-20-8-12/h5-8,11,13-14,21-22H,1-4,9-10,18H2. The van der Waals surface area contributed by atoms with Crippen molar-refractivity contribution in [3.63, 3.8) is 0 Å². The lowest BCUT2D eigenvalue weighted by Gasteiger charge is -2.44. The number of hydrogen-bond donors (Lipinski definition) is 3. The zero-order chi connectivity index (χ0) is 15.7. The Kier molecular flexibility index (Phi) is 3.79. The van der Waals surface area contributed by atoms with Gasteiger partial charge in [-0.1, -0.05) is 12.8 Å². The number of aromatic nitrogens is 2. The third-order valence-electron chi connectivity index (χ3n) is 5.07. The van der Waals surface area contributed by atoms with Crippen LogP contribution in [0.3, 0.4) is 0 Å². The van der Waals surface area contributed by atoms with Crippen LogP contribution in [0.1, 0.15) is 31.2 Å². The Labute approximate surface area is 136 Å². The topological polar surface area (TPSA) is 85.1 Å². The van der Waals surface area contributed by atoms with Gasteiger partial charge in [0.05, 0.1) is 25.0 Å². The molecule has 0 amide bonds. The summed E-state index contributed by atoms with van der Waals surface area (Å²) >= 11 is 0. The van der Waals surface area contributed by atoms with Crippen LogP contribution in [0.15, 0.2) is 36.6 Å². The molecule has 1 saturated heterocycles. The highest BCUT2D eigenvalue weighted by atomic mass is 16.5. The van der Waals surface area contributed by atoms with E-state index in [0.717, 1.165) is 43.0 Å². The smallest absolute Gasteiger partial charge is 0.130 e. The molecule has 0 bridgehead atoms. The highest BCUT2D eigenvalue weighted by Gasteiger charge is 2.43. The van der Waals surface area contributed by atoms with Gasteiger partial charge in [0.2, 0.25) is 0 Å². The number of dihydropyridines is 1. The molecule has 3 aliphatic rings. The number of nitrogens with zero attached hydrogens (tertiary/aromatic N) is 2. The van der Waals surface area contributed by atoms with E-state index in [4.69, 9.17) is 10.5 Å². The zero-order valence-electron chi connectivity index (χ0n) is 13.2. The Morgan fingerprint density at radius 1 is 1.17 bits per heavy atom. The molecule has 4 rings (SSSR count). The number of rotatable bonds is 4. The van der Waals surface area contributed by atoms with E-state index in [9.17, 15) is 0 Å². The molecule has 0 radical (unpaired) electrons. The van der Waals surface area contributed by atoms with Gasteiger partial charge >= 0.3 is 0 Å². The monoisotopic (exact) mass is 313 g/mol. The second-order valence-electron chi connectivity index (χ2n) is 6.64. The normalized spacial score (nSPS) is 28.6. The number of nitrogens with one attached hydrogen (secondary N) is 2. The Hall–Kier alpha value is -1.92. The van der Waals surface area contributed by atoms with E-state index in [2.05, 4.69) is 32.8 Å². The number of nitrogens with two attached hydrogens (primary N) is 1. The largest absolute Gasteiger partial charge is 0.378 e. The van der Waals surface area contributed by atoms with E-state index in [1.54, 1.807) is 6.33 Å². The lowest BCUT2D eigenvalue weighted by molar-refractivity contribution is -0.00343. The van der Waals surface area contributed by atoms with Crippen molar-refractivity contribution in [2.75, 3.05) is 13.2 Å². The number of hydrogen-bond acceptors (Lipinski definition) is 6. The van der Waals surface area contributed by atoms with Crippen molar-refractivity contribution >= 4 is 5.70 Å². The molecule has 2 aliphatic heterocycles. The summed E-state index contributed by atoms with van der Waals surface area (Å²) in [7, 11) is 0. The summed E-state index contributed by atoms with van der Waals surface area (Å²) in [5, 5.41) is 7.15. The minimum Gasteiger partial charge on any atom is -0.378 e. The van der Waals surface area contributed by atoms with E-state index in [-0.39, 0.29) is 0 Å². The average molecular weight is 313 g/mol. The molecule has 6 heteroatoms. The highest BCUT2D eigenvalue weighted by Crippen LogP contribution is 2.37. The van der Waals surface area contributed by atoms with E-state index in [1.807, 2.05) is 12.4 Å².